The Kier molecular flexibility index (Phi) is 2.72. The Balaban J connectivity index is 2.40. The van der Waals surface area contributed by atoms with Crippen LogP contribution < -0.4 is 0 Å². The molecule has 0 aromatic heterocycles. The van der Waals surface area contributed by atoms with Crippen molar-refractivity contribution in [1.29, 1.82) is 0 Å². The van der Waals surface area contributed by atoms with E-state index >= 15 is 0 Å². The molecule has 1 atom stereocenters. The minimum absolute atomic E-state index is 0.146. The van der Waals surface area contributed by atoms with Gasteiger partial charge in [-0.15, -0.1) is 0 Å². The molecule has 1 unspecified atom stereocenters. The SMILES string of the molecule is COC1(CS(=O)Cl)CCC1. The number of ether oxygens (including phenoxy) is 1. The van der Waals surface area contributed by atoms with Crippen molar-refractivity contribution < 1.29 is 8.95 Å². The van der Waals surface area contributed by atoms with Crippen LogP contribution in [0.2, 0.25) is 0 Å². The Labute approximate surface area is 67.9 Å². The van der Waals surface area contributed by atoms with E-state index in [9.17, 15) is 4.21 Å². The lowest BCUT2D eigenvalue weighted by molar-refractivity contribution is -0.0517. The number of methoxy groups -OCH3 is 1. The van der Waals surface area contributed by atoms with Crippen LogP contribution in [0.15, 0.2) is 0 Å². The highest BCUT2D eigenvalue weighted by Crippen LogP contribution is 2.35. The lowest BCUT2D eigenvalue weighted by Gasteiger charge is -2.39. The molecule has 1 saturated carbocycles. The van der Waals surface area contributed by atoms with Crippen molar-refractivity contribution in [3.8, 4) is 0 Å². The molecule has 60 valence electrons. The molecule has 1 aliphatic rings. The highest BCUT2D eigenvalue weighted by molar-refractivity contribution is 8.08. The molecule has 0 radical (unpaired) electrons. The van der Waals surface area contributed by atoms with Crippen molar-refractivity contribution in [3.05, 3.63) is 0 Å². The van der Waals surface area contributed by atoms with Gasteiger partial charge in [-0.1, -0.05) is 0 Å². The molecule has 0 bridgehead atoms. The summed E-state index contributed by atoms with van der Waals surface area (Å²) in [6.07, 6.45) is 3.17. The molecule has 0 aromatic rings. The van der Waals surface area contributed by atoms with Crippen LogP contribution in [0.1, 0.15) is 19.3 Å². The van der Waals surface area contributed by atoms with Crippen LogP contribution in [0, 0.1) is 0 Å². The molecule has 1 fully saturated rings. The molecular weight excluding hydrogens is 172 g/mol. The second-order valence-corrected chi connectivity index (χ2v) is 4.58. The number of hydrogen-bond acceptors (Lipinski definition) is 2. The summed E-state index contributed by atoms with van der Waals surface area (Å²) >= 11 is 0. The quantitative estimate of drug-likeness (QED) is 0.618. The predicted molar refractivity (Wildman–Crippen MR) is 42.5 cm³/mol. The van der Waals surface area contributed by atoms with Gasteiger partial charge in [-0.25, -0.2) is 4.21 Å². The van der Waals surface area contributed by atoms with Crippen molar-refractivity contribution in [1.82, 2.24) is 0 Å². The van der Waals surface area contributed by atoms with Crippen LogP contribution in [0.3, 0.4) is 0 Å². The van der Waals surface area contributed by atoms with Crippen LogP contribution in [0.25, 0.3) is 0 Å². The first-order chi connectivity index (χ1) is 4.68. The predicted octanol–water partition coefficient (Wildman–Crippen LogP) is 1.46. The first-order valence-corrected chi connectivity index (χ1v) is 5.43. The maximum absolute atomic E-state index is 10.6. The van der Waals surface area contributed by atoms with Crippen molar-refractivity contribution in [2.24, 2.45) is 0 Å². The van der Waals surface area contributed by atoms with Crippen LogP contribution in [-0.4, -0.2) is 22.7 Å². The van der Waals surface area contributed by atoms with Gasteiger partial charge in [0, 0.05) is 7.11 Å². The highest BCUT2D eigenvalue weighted by atomic mass is 35.7. The third-order valence-electron chi connectivity index (χ3n) is 2.07. The fourth-order valence-electron chi connectivity index (χ4n) is 1.19. The molecule has 0 amide bonds. The smallest absolute Gasteiger partial charge is 0.117 e. The summed E-state index contributed by atoms with van der Waals surface area (Å²) in [7, 11) is 5.77. The van der Waals surface area contributed by atoms with E-state index in [1.165, 1.54) is 6.42 Å². The van der Waals surface area contributed by atoms with Gasteiger partial charge in [-0.3, -0.25) is 0 Å². The molecular formula is C6H11ClO2S. The van der Waals surface area contributed by atoms with Gasteiger partial charge in [0.1, 0.15) is 10.0 Å². The summed E-state index contributed by atoms with van der Waals surface area (Å²) in [6, 6.07) is 0. The Bertz CT molecular complexity index is 139. The molecule has 10 heavy (non-hydrogen) atoms. The van der Waals surface area contributed by atoms with Gasteiger partial charge in [0.25, 0.3) is 0 Å². The topological polar surface area (TPSA) is 26.3 Å². The number of hydrogen-bond donors (Lipinski definition) is 0. The zero-order valence-electron chi connectivity index (χ0n) is 5.93. The molecule has 0 spiro atoms. The molecule has 0 heterocycles. The lowest BCUT2D eigenvalue weighted by atomic mass is 9.82. The summed E-state index contributed by atoms with van der Waals surface area (Å²) in [5.74, 6) is 0.477. The summed E-state index contributed by atoms with van der Waals surface area (Å²) in [6.45, 7) is 0. The van der Waals surface area contributed by atoms with E-state index in [2.05, 4.69) is 0 Å². The van der Waals surface area contributed by atoms with Crippen molar-refractivity contribution in [3.63, 3.8) is 0 Å². The first-order valence-electron chi connectivity index (χ1n) is 3.28. The average Bonchev–Trinajstić information content (AvgIpc) is 1.78. The molecule has 0 saturated heterocycles. The minimum Gasteiger partial charge on any atom is -0.377 e. The van der Waals surface area contributed by atoms with E-state index in [0.29, 0.717) is 5.75 Å². The second-order valence-electron chi connectivity index (χ2n) is 2.67. The minimum atomic E-state index is -1.24. The maximum atomic E-state index is 10.6. The van der Waals surface area contributed by atoms with Crippen molar-refractivity contribution in [2.75, 3.05) is 12.9 Å². The molecule has 1 rings (SSSR count). The monoisotopic (exact) mass is 182 g/mol. The van der Waals surface area contributed by atoms with E-state index < -0.39 is 10.0 Å². The van der Waals surface area contributed by atoms with Crippen LogP contribution in [-0.2, 0) is 14.7 Å². The molecule has 4 heteroatoms. The second kappa shape index (κ2) is 3.20. The third kappa shape index (κ3) is 1.71. The van der Waals surface area contributed by atoms with Crippen LogP contribution >= 0.6 is 10.7 Å². The van der Waals surface area contributed by atoms with Gasteiger partial charge in [-0.2, -0.15) is 0 Å². The van der Waals surface area contributed by atoms with Gasteiger partial charge < -0.3 is 4.74 Å². The van der Waals surface area contributed by atoms with Gasteiger partial charge in [0.15, 0.2) is 0 Å². The Morgan fingerprint density at radius 2 is 2.30 bits per heavy atom. The van der Waals surface area contributed by atoms with E-state index in [4.69, 9.17) is 15.4 Å². The van der Waals surface area contributed by atoms with Crippen molar-refractivity contribution in [2.45, 2.75) is 24.9 Å². The molecule has 0 N–H and O–H groups in total. The summed E-state index contributed by atoms with van der Waals surface area (Å²) < 4.78 is 15.8. The normalized spacial score (nSPS) is 25.4. The van der Waals surface area contributed by atoms with E-state index in [0.717, 1.165) is 12.8 Å². The Morgan fingerprint density at radius 1 is 1.70 bits per heavy atom. The zero-order chi connectivity index (χ0) is 7.61. The molecule has 0 aromatic carbocycles. The van der Waals surface area contributed by atoms with E-state index in [1.54, 1.807) is 7.11 Å². The summed E-state index contributed by atoms with van der Waals surface area (Å²) in [4.78, 5) is 0. The van der Waals surface area contributed by atoms with Gasteiger partial charge in [-0.05, 0) is 29.9 Å². The average molecular weight is 183 g/mol. The maximum Gasteiger partial charge on any atom is 0.117 e. The van der Waals surface area contributed by atoms with Gasteiger partial charge in [0.05, 0.1) is 11.4 Å². The Hall–Kier alpha value is 0.400. The van der Waals surface area contributed by atoms with Gasteiger partial charge >= 0.3 is 0 Å². The molecule has 1 aliphatic carbocycles. The zero-order valence-corrected chi connectivity index (χ0v) is 7.50. The fourth-order valence-corrected chi connectivity index (χ4v) is 2.60. The lowest BCUT2D eigenvalue weighted by Crippen LogP contribution is -2.43. The van der Waals surface area contributed by atoms with Crippen molar-refractivity contribution >= 4 is 20.7 Å². The first kappa shape index (κ1) is 8.50. The van der Waals surface area contributed by atoms with Crippen LogP contribution in [0.4, 0.5) is 0 Å². The standard InChI is InChI=1S/C6H11ClO2S/c1-9-6(3-2-4-6)5-10(7)8/h2-5H2,1H3. The van der Waals surface area contributed by atoms with Gasteiger partial charge in [0.2, 0.25) is 0 Å². The summed E-state index contributed by atoms with van der Waals surface area (Å²) in [5.41, 5.74) is -0.146. The summed E-state index contributed by atoms with van der Waals surface area (Å²) in [5, 5.41) is 0. The van der Waals surface area contributed by atoms with E-state index in [1.807, 2.05) is 0 Å². The molecule has 0 aliphatic heterocycles. The largest absolute Gasteiger partial charge is 0.377 e. The Morgan fingerprint density at radius 3 is 2.40 bits per heavy atom. The molecule has 2 nitrogen and oxygen atoms in total. The number of rotatable bonds is 3. The number of halogens is 1. The third-order valence-corrected chi connectivity index (χ3v) is 3.15. The van der Waals surface area contributed by atoms with E-state index in [-0.39, 0.29) is 5.60 Å². The van der Waals surface area contributed by atoms with Crippen LogP contribution in [0.5, 0.6) is 0 Å². The fraction of sp³-hybridized carbons (Fsp3) is 1.00. The highest BCUT2D eigenvalue weighted by Gasteiger charge is 2.38.